The standard InChI is InChI=1S/C13H22BrNS/c1-4-7-15-8-6-13(2,3)10-12-11(14)5-9-16-12/h5,9,15H,4,6-8,10H2,1-3H3. The molecule has 0 bridgehead atoms. The predicted molar refractivity (Wildman–Crippen MR) is 77.3 cm³/mol. The summed E-state index contributed by atoms with van der Waals surface area (Å²) in [4.78, 5) is 1.47. The van der Waals surface area contributed by atoms with E-state index in [-0.39, 0.29) is 0 Å². The Morgan fingerprint density at radius 2 is 2.12 bits per heavy atom. The van der Waals surface area contributed by atoms with Crippen LogP contribution < -0.4 is 5.32 Å². The molecule has 1 rings (SSSR count). The summed E-state index contributed by atoms with van der Waals surface area (Å²) >= 11 is 5.46. The van der Waals surface area contributed by atoms with Crippen molar-refractivity contribution in [3.8, 4) is 0 Å². The van der Waals surface area contributed by atoms with Crippen LogP contribution in [0.1, 0.15) is 38.5 Å². The molecule has 1 heterocycles. The Bertz CT molecular complexity index is 307. The minimum Gasteiger partial charge on any atom is -0.317 e. The molecule has 16 heavy (non-hydrogen) atoms. The van der Waals surface area contributed by atoms with Crippen molar-refractivity contribution in [2.75, 3.05) is 13.1 Å². The molecule has 0 unspecified atom stereocenters. The zero-order valence-electron chi connectivity index (χ0n) is 10.5. The summed E-state index contributed by atoms with van der Waals surface area (Å²) in [5, 5.41) is 5.63. The zero-order valence-corrected chi connectivity index (χ0v) is 12.9. The Morgan fingerprint density at radius 3 is 2.69 bits per heavy atom. The van der Waals surface area contributed by atoms with E-state index in [0.29, 0.717) is 5.41 Å². The molecule has 0 atom stereocenters. The second-order valence-corrected chi connectivity index (χ2v) is 6.89. The van der Waals surface area contributed by atoms with E-state index < -0.39 is 0 Å². The lowest BCUT2D eigenvalue weighted by Crippen LogP contribution is -2.24. The molecule has 0 aliphatic heterocycles. The average molecular weight is 304 g/mol. The van der Waals surface area contributed by atoms with E-state index >= 15 is 0 Å². The van der Waals surface area contributed by atoms with Crippen LogP contribution in [0.5, 0.6) is 0 Å². The molecule has 1 nitrogen and oxygen atoms in total. The number of thiophene rings is 1. The Hall–Kier alpha value is 0.140. The van der Waals surface area contributed by atoms with Crippen molar-refractivity contribution in [3.63, 3.8) is 0 Å². The topological polar surface area (TPSA) is 12.0 Å². The third kappa shape index (κ3) is 4.98. The maximum atomic E-state index is 3.61. The van der Waals surface area contributed by atoms with E-state index in [0.717, 1.165) is 13.1 Å². The van der Waals surface area contributed by atoms with Crippen LogP contribution in [0.3, 0.4) is 0 Å². The largest absolute Gasteiger partial charge is 0.317 e. The molecule has 3 heteroatoms. The van der Waals surface area contributed by atoms with Crippen LogP contribution in [0.4, 0.5) is 0 Å². The summed E-state index contributed by atoms with van der Waals surface area (Å²) < 4.78 is 1.27. The van der Waals surface area contributed by atoms with Crippen molar-refractivity contribution in [1.29, 1.82) is 0 Å². The number of halogens is 1. The molecular weight excluding hydrogens is 282 g/mol. The molecule has 0 amide bonds. The lowest BCUT2D eigenvalue weighted by atomic mass is 9.85. The summed E-state index contributed by atoms with van der Waals surface area (Å²) in [6.07, 6.45) is 3.62. The first kappa shape index (κ1) is 14.2. The average Bonchev–Trinajstić information content (AvgIpc) is 2.59. The van der Waals surface area contributed by atoms with Crippen LogP contribution in [0, 0.1) is 5.41 Å². The van der Waals surface area contributed by atoms with E-state index in [4.69, 9.17) is 0 Å². The van der Waals surface area contributed by atoms with Crippen molar-refractivity contribution in [2.45, 2.75) is 40.0 Å². The van der Waals surface area contributed by atoms with Crippen molar-refractivity contribution >= 4 is 27.3 Å². The summed E-state index contributed by atoms with van der Waals surface area (Å²) in [5.41, 5.74) is 0.383. The fraction of sp³-hybridized carbons (Fsp3) is 0.692. The molecule has 0 spiro atoms. The minimum absolute atomic E-state index is 0.383. The SMILES string of the molecule is CCCNCCC(C)(C)Cc1sccc1Br. The van der Waals surface area contributed by atoms with E-state index in [9.17, 15) is 0 Å². The Labute approximate surface area is 112 Å². The number of rotatable bonds is 7. The van der Waals surface area contributed by atoms with Gasteiger partial charge in [0.2, 0.25) is 0 Å². The van der Waals surface area contributed by atoms with Crippen molar-refractivity contribution in [3.05, 3.63) is 20.8 Å². The van der Waals surface area contributed by atoms with Crippen LogP contribution in [0.25, 0.3) is 0 Å². The monoisotopic (exact) mass is 303 g/mol. The van der Waals surface area contributed by atoms with Crippen molar-refractivity contribution in [1.82, 2.24) is 5.32 Å². The molecule has 0 radical (unpaired) electrons. The van der Waals surface area contributed by atoms with Gasteiger partial charge in [0.1, 0.15) is 0 Å². The van der Waals surface area contributed by atoms with E-state index in [2.05, 4.69) is 53.5 Å². The molecular formula is C13H22BrNS. The highest BCUT2D eigenvalue weighted by Crippen LogP contribution is 2.32. The molecule has 92 valence electrons. The second-order valence-electron chi connectivity index (χ2n) is 5.03. The lowest BCUT2D eigenvalue weighted by molar-refractivity contribution is 0.327. The van der Waals surface area contributed by atoms with E-state index in [1.165, 1.54) is 28.6 Å². The highest BCUT2D eigenvalue weighted by atomic mass is 79.9. The zero-order chi connectivity index (χ0) is 12.0. The van der Waals surface area contributed by atoms with E-state index in [1.807, 2.05) is 11.3 Å². The van der Waals surface area contributed by atoms with Gasteiger partial charge >= 0.3 is 0 Å². The van der Waals surface area contributed by atoms with Gasteiger partial charge < -0.3 is 5.32 Å². The maximum absolute atomic E-state index is 3.61. The van der Waals surface area contributed by atoms with Gasteiger partial charge in [0.05, 0.1) is 0 Å². The second kappa shape index (κ2) is 6.77. The van der Waals surface area contributed by atoms with Gasteiger partial charge in [0.25, 0.3) is 0 Å². The molecule has 1 aromatic rings. The molecule has 1 aromatic heterocycles. The highest BCUT2D eigenvalue weighted by molar-refractivity contribution is 9.10. The third-order valence-corrected chi connectivity index (χ3v) is 4.66. The summed E-state index contributed by atoms with van der Waals surface area (Å²) in [6.45, 7) is 9.18. The first-order valence-corrected chi connectivity index (χ1v) is 7.65. The Kier molecular flexibility index (Phi) is 6.01. The van der Waals surface area contributed by atoms with Crippen LogP contribution in [-0.4, -0.2) is 13.1 Å². The summed E-state index contributed by atoms with van der Waals surface area (Å²) in [5.74, 6) is 0. The molecule has 0 saturated heterocycles. The predicted octanol–water partition coefficient (Wildman–Crippen LogP) is 4.47. The fourth-order valence-electron chi connectivity index (χ4n) is 1.70. The summed E-state index contributed by atoms with van der Waals surface area (Å²) in [6, 6.07) is 2.14. The van der Waals surface area contributed by atoms with Crippen molar-refractivity contribution in [2.24, 2.45) is 5.41 Å². The smallest absolute Gasteiger partial charge is 0.0314 e. The van der Waals surface area contributed by atoms with Crippen LogP contribution in [0.15, 0.2) is 15.9 Å². The van der Waals surface area contributed by atoms with Gasteiger partial charge in [-0.05, 0) is 65.1 Å². The fourth-order valence-corrected chi connectivity index (χ4v) is 3.45. The van der Waals surface area contributed by atoms with Gasteiger partial charge in [-0.15, -0.1) is 11.3 Å². The van der Waals surface area contributed by atoms with Gasteiger partial charge in [-0.3, -0.25) is 0 Å². The number of nitrogens with one attached hydrogen (secondary N) is 1. The van der Waals surface area contributed by atoms with Gasteiger partial charge in [-0.25, -0.2) is 0 Å². The molecule has 0 saturated carbocycles. The van der Waals surface area contributed by atoms with Crippen molar-refractivity contribution < 1.29 is 0 Å². The first-order chi connectivity index (χ1) is 7.55. The van der Waals surface area contributed by atoms with Crippen LogP contribution >= 0.6 is 27.3 Å². The molecule has 0 aliphatic rings. The van der Waals surface area contributed by atoms with Gasteiger partial charge in [-0.2, -0.15) is 0 Å². The van der Waals surface area contributed by atoms with Gasteiger partial charge in [0, 0.05) is 9.35 Å². The minimum atomic E-state index is 0.383. The number of hydrogen-bond acceptors (Lipinski definition) is 2. The maximum Gasteiger partial charge on any atom is 0.0314 e. The molecule has 0 fully saturated rings. The van der Waals surface area contributed by atoms with Gasteiger partial charge in [-0.1, -0.05) is 20.8 Å². The van der Waals surface area contributed by atoms with Crippen LogP contribution in [-0.2, 0) is 6.42 Å². The first-order valence-electron chi connectivity index (χ1n) is 5.98. The quantitative estimate of drug-likeness (QED) is 0.733. The Morgan fingerprint density at radius 1 is 1.38 bits per heavy atom. The molecule has 0 aliphatic carbocycles. The molecule has 1 N–H and O–H groups in total. The third-order valence-electron chi connectivity index (χ3n) is 2.74. The highest BCUT2D eigenvalue weighted by Gasteiger charge is 2.19. The normalized spacial score (nSPS) is 12.0. The molecule has 0 aromatic carbocycles. The number of hydrogen-bond donors (Lipinski definition) is 1. The summed E-state index contributed by atoms with van der Waals surface area (Å²) in [7, 11) is 0. The lowest BCUT2D eigenvalue weighted by Gasteiger charge is -2.24. The Balaban J connectivity index is 2.36. The van der Waals surface area contributed by atoms with E-state index in [1.54, 1.807) is 0 Å². The van der Waals surface area contributed by atoms with Crippen LogP contribution in [0.2, 0.25) is 0 Å². The van der Waals surface area contributed by atoms with Gasteiger partial charge in [0.15, 0.2) is 0 Å².